The van der Waals surface area contributed by atoms with Gasteiger partial charge in [-0.2, -0.15) is 9.99 Å². The molecular weight excluding hydrogens is 270 g/mol. The second-order valence-electron chi connectivity index (χ2n) is 4.29. The standard InChI is InChI=1S/C15H11N3OS/c16-9-13-12(10-17-7-3-1-5-14(13)17)11-20-15-6-2-4-8-18(15)19/h1-8,10H,11H2. The summed E-state index contributed by atoms with van der Waals surface area (Å²) in [5.41, 5.74) is 2.51. The summed E-state index contributed by atoms with van der Waals surface area (Å²) in [6, 6.07) is 13.3. The molecule has 0 unspecified atom stereocenters. The first-order chi connectivity index (χ1) is 9.79. The fourth-order valence-corrected chi connectivity index (χ4v) is 2.98. The molecule has 0 aliphatic carbocycles. The lowest BCUT2D eigenvalue weighted by molar-refractivity contribution is -0.645. The Bertz CT molecular complexity index is 804. The minimum absolute atomic E-state index is 0.594. The van der Waals surface area contributed by atoms with E-state index in [0.29, 0.717) is 16.3 Å². The predicted molar refractivity (Wildman–Crippen MR) is 77.1 cm³/mol. The van der Waals surface area contributed by atoms with Crippen LogP contribution >= 0.6 is 11.8 Å². The molecule has 0 atom stereocenters. The van der Waals surface area contributed by atoms with Gasteiger partial charge >= 0.3 is 0 Å². The Morgan fingerprint density at radius 3 is 2.90 bits per heavy atom. The zero-order chi connectivity index (χ0) is 13.9. The summed E-state index contributed by atoms with van der Waals surface area (Å²) in [5.74, 6) is 0.594. The van der Waals surface area contributed by atoms with Crippen molar-refractivity contribution in [2.24, 2.45) is 0 Å². The molecule has 0 radical (unpaired) electrons. The Balaban J connectivity index is 1.92. The molecule has 3 aromatic heterocycles. The number of hydrogen-bond donors (Lipinski definition) is 0. The Kier molecular flexibility index (Phi) is 3.32. The lowest BCUT2D eigenvalue weighted by Gasteiger charge is -2.02. The number of fused-ring (bicyclic) bond motifs is 1. The van der Waals surface area contributed by atoms with Crippen molar-refractivity contribution in [1.29, 1.82) is 5.26 Å². The number of rotatable bonds is 3. The third kappa shape index (κ3) is 2.22. The van der Waals surface area contributed by atoms with Crippen LogP contribution in [0.25, 0.3) is 5.52 Å². The van der Waals surface area contributed by atoms with E-state index in [2.05, 4.69) is 6.07 Å². The Morgan fingerprint density at radius 2 is 2.10 bits per heavy atom. The van der Waals surface area contributed by atoms with E-state index in [-0.39, 0.29) is 0 Å². The van der Waals surface area contributed by atoms with Crippen molar-refractivity contribution in [3.05, 3.63) is 71.3 Å². The average Bonchev–Trinajstić information content (AvgIpc) is 2.84. The summed E-state index contributed by atoms with van der Waals surface area (Å²) in [4.78, 5) is 0. The van der Waals surface area contributed by atoms with Gasteiger partial charge in [-0.15, -0.1) is 0 Å². The van der Waals surface area contributed by atoms with Crippen molar-refractivity contribution >= 4 is 17.3 Å². The van der Waals surface area contributed by atoms with Gasteiger partial charge in [0.15, 0.2) is 6.20 Å². The van der Waals surface area contributed by atoms with Crippen molar-refractivity contribution in [1.82, 2.24) is 4.40 Å². The third-order valence-corrected chi connectivity index (χ3v) is 4.11. The van der Waals surface area contributed by atoms with Crippen LogP contribution in [0.4, 0.5) is 0 Å². The molecule has 0 aliphatic rings. The average molecular weight is 281 g/mol. The highest BCUT2D eigenvalue weighted by Crippen LogP contribution is 2.25. The van der Waals surface area contributed by atoms with E-state index >= 15 is 0 Å². The van der Waals surface area contributed by atoms with Crippen LogP contribution in [0.1, 0.15) is 11.1 Å². The van der Waals surface area contributed by atoms with Crippen molar-refractivity contribution in [2.45, 2.75) is 10.8 Å². The largest absolute Gasteiger partial charge is 0.618 e. The molecule has 3 rings (SSSR count). The van der Waals surface area contributed by atoms with Gasteiger partial charge in [-0.05, 0) is 23.8 Å². The van der Waals surface area contributed by atoms with Crippen LogP contribution in [0.5, 0.6) is 0 Å². The molecule has 98 valence electrons. The molecule has 0 saturated heterocycles. The van der Waals surface area contributed by atoms with Gasteiger partial charge < -0.3 is 9.61 Å². The predicted octanol–water partition coefficient (Wildman–Crippen LogP) is 2.74. The second-order valence-corrected chi connectivity index (χ2v) is 5.28. The third-order valence-electron chi connectivity index (χ3n) is 3.04. The van der Waals surface area contributed by atoms with Gasteiger partial charge in [0.2, 0.25) is 0 Å². The van der Waals surface area contributed by atoms with Gasteiger partial charge in [0.1, 0.15) is 6.07 Å². The monoisotopic (exact) mass is 281 g/mol. The normalized spacial score (nSPS) is 10.6. The number of nitriles is 1. The Morgan fingerprint density at radius 1 is 1.25 bits per heavy atom. The van der Waals surface area contributed by atoms with E-state index < -0.39 is 0 Å². The summed E-state index contributed by atoms with van der Waals surface area (Å²) in [6.45, 7) is 0. The zero-order valence-electron chi connectivity index (χ0n) is 10.6. The number of thioether (sulfide) groups is 1. The maximum atomic E-state index is 11.6. The molecule has 20 heavy (non-hydrogen) atoms. The molecule has 0 saturated carbocycles. The van der Waals surface area contributed by atoms with E-state index in [9.17, 15) is 10.5 Å². The molecule has 4 nitrogen and oxygen atoms in total. The lowest BCUT2D eigenvalue weighted by Crippen LogP contribution is -2.27. The number of aromatic nitrogens is 2. The first-order valence-corrected chi connectivity index (χ1v) is 7.08. The topological polar surface area (TPSA) is 55.1 Å². The SMILES string of the molecule is N#Cc1c(CSc2cccc[n+]2[O-])cn2ccccc12. The van der Waals surface area contributed by atoms with E-state index in [4.69, 9.17) is 0 Å². The van der Waals surface area contributed by atoms with Crippen molar-refractivity contribution in [3.63, 3.8) is 0 Å². The van der Waals surface area contributed by atoms with Crippen LogP contribution in [0.3, 0.4) is 0 Å². The summed E-state index contributed by atoms with van der Waals surface area (Å²) >= 11 is 1.43. The molecule has 0 aliphatic heterocycles. The molecule has 3 heterocycles. The van der Waals surface area contributed by atoms with Gasteiger partial charge in [-0.3, -0.25) is 0 Å². The zero-order valence-corrected chi connectivity index (χ0v) is 11.4. The minimum Gasteiger partial charge on any atom is -0.618 e. The molecule has 0 bridgehead atoms. The van der Waals surface area contributed by atoms with E-state index in [1.54, 1.807) is 12.1 Å². The number of nitrogens with zero attached hydrogens (tertiary/aromatic N) is 3. The highest BCUT2D eigenvalue weighted by molar-refractivity contribution is 7.98. The fraction of sp³-hybridized carbons (Fsp3) is 0.0667. The highest BCUT2D eigenvalue weighted by Gasteiger charge is 2.12. The van der Waals surface area contributed by atoms with E-state index in [0.717, 1.165) is 15.8 Å². The maximum Gasteiger partial charge on any atom is 0.251 e. The van der Waals surface area contributed by atoms with Crippen LogP contribution in [-0.2, 0) is 5.75 Å². The quantitative estimate of drug-likeness (QED) is 0.421. The van der Waals surface area contributed by atoms with Crippen LogP contribution in [0, 0.1) is 16.5 Å². The molecule has 0 amide bonds. The maximum absolute atomic E-state index is 11.6. The van der Waals surface area contributed by atoms with Crippen LogP contribution in [-0.4, -0.2) is 4.40 Å². The highest BCUT2D eigenvalue weighted by atomic mass is 32.2. The summed E-state index contributed by atoms with van der Waals surface area (Å²) in [7, 11) is 0. The molecule has 0 fully saturated rings. The molecular formula is C15H11N3OS. The lowest BCUT2D eigenvalue weighted by atomic mass is 10.2. The first-order valence-electron chi connectivity index (χ1n) is 6.09. The molecule has 3 aromatic rings. The molecule has 0 N–H and O–H groups in total. The van der Waals surface area contributed by atoms with Gasteiger partial charge in [0.25, 0.3) is 5.03 Å². The summed E-state index contributed by atoms with van der Waals surface area (Å²) in [5, 5.41) is 21.5. The van der Waals surface area contributed by atoms with Gasteiger partial charge in [-0.25, -0.2) is 0 Å². The van der Waals surface area contributed by atoms with E-state index in [1.807, 2.05) is 41.1 Å². The van der Waals surface area contributed by atoms with Crippen LogP contribution in [0.15, 0.2) is 60.0 Å². The summed E-state index contributed by atoms with van der Waals surface area (Å²) in [6.07, 6.45) is 5.34. The second kappa shape index (κ2) is 5.27. The van der Waals surface area contributed by atoms with Gasteiger partial charge in [0, 0.05) is 30.3 Å². The van der Waals surface area contributed by atoms with Gasteiger partial charge in [0.05, 0.1) is 11.1 Å². The molecule has 0 aromatic carbocycles. The minimum atomic E-state index is 0.594. The summed E-state index contributed by atoms with van der Waals surface area (Å²) < 4.78 is 2.78. The fourth-order valence-electron chi connectivity index (χ4n) is 2.09. The van der Waals surface area contributed by atoms with Crippen LogP contribution < -0.4 is 4.73 Å². The Hall–Kier alpha value is -2.45. The smallest absolute Gasteiger partial charge is 0.251 e. The molecule has 0 spiro atoms. The number of pyridine rings is 2. The van der Waals surface area contributed by atoms with Crippen molar-refractivity contribution in [2.75, 3.05) is 0 Å². The molecule has 5 heteroatoms. The Labute approximate surface area is 120 Å². The first kappa shape index (κ1) is 12.6. The number of hydrogen-bond acceptors (Lipinski definition) is 3. The van der Waals surface area contributed by atoms with Crippen LogP contribution in [0.2, 0.25) is 0 Å². The van der Waals surface area contributed by atoms with Gasteiger partial charge in [-0.1, -0.05) is 17.8 Å². The van der Waals surface area contributed by atoms with Crippen molar-refractivity contribution in [3.8, 4) is 6.07 Å². The van der Waals surface area contributed by atoms with Crippen molar-refractivity contribution < 1.29 is 4.73 Å². The van der Waals surface area contributed by atoms with E-state index in [1.165, 1.54) is 18.0 Å².